The fraction of sp³-hybridized carbons (Fsp3) is 0.143. The lowest BCUT2D eigenvalue weighted by Crippen LogP contribution is -2.60. The van der Waals surface area contributed by atoms with Crippen molar-refractivity contribution in [2.45, 2.75) is 36.0 Å². The summed E-state index contributed by atoms with van der Waals surface area (Å²) >= 11 is 0. The van der Waals surface area contributed by atoms with Gasteiger partial charge in [0.1, 0.15) is 0 Å². The van der Waals surface area contributed by atoms with Crippen molar-refractivity contribution in [3.63, 3.8) is 0 Å². The van der Waals surface area contributed by atoms with Gasteiger partial charge in [-0.2, -0.15) is 0 Å². The highest BCUT2D eigenvalue weighted by atomic mass is 14.9. The molecule has 0 heterocycles. The largest absolute Gasteiger partial charge is 0.320 e. The van der Waals surface area contributed by atoms with Crippen molar-refractivity contribution >= 4 is 8.41 Å². The molecule has 0 amide bonds. The number of hydrogen-bond acceptors (Lipinski definition) is 4. The molecule has 4 nitrogen and oxygen atoms in total. The molecule has 0 bridgehead atoms. The maximum Gasteiger partial charge on any atom is 0.0887 e. The van der Waals surface area contributed by atoms with Gasteiger partial charge in [-0.05, 0) is 47.2 Å². The number of rotatable bonds is 8. The maximum absolute atomic E-state index is 7.03. The number of nitrogens with two attached hydrogens (primary N) is 4. The van der Waals surface area contributed by atoms with Gasteiger partial charge in [-0.3, -0.25) is 0 Å². The molecule has 47 heavy (non-hydrogen) atoms. The second-order valence-corrected chi connectivity index (χ2v) is 12.2. The zero-order valence-corrected chi connectivity index (χ0v) is 27.2. The molecule has 2 unspecified atom stereocenters. The number of hydrogen-bond donors (Lipinski definition) is 4. The zero-order valence-electron chi connectivity index (χ0n) is 27.2. The third-order valence-corrected chi connectivity index (χ3v) is 9.30. The molecule has 0 spiro atoms. The molecule has 3 radical (unpaired) electrons. The molecule has 8 N–H and O–H groups in total. The van der Waals surface area contributed by atoms with Crippen LogP contribution in [0.3, 0.4) is 0 Å². The molecule has 6 rings (SSSR count). The van der Waals surface area contributed by atoms with Crippen LogP contribution in [0.25, 0.3) is 0 Å². The summed E-state index contributed by atoms with van der Waals surface area (Å²) in [5, 5.41) is 0. The first kappa shape index (κ1) is 35.1. The van der Waals surface area contributed by atoms with Gasteiger partial charge in [0.25, 0.3) is 0 Å². The predicted octanol–water partition coefficient (Wildman–Crippen LogP) is 7.15. The lowest BCUT2D eigenvalue weighted by atomic mass is 9.67. The van der Waals surface area contributed by atoms with E-state index >= 15 is 0 Å². The van der Waals surface area contributed by atoms with E-state index in [1.54, 1.807) is 0 Å². The van der Waals surface area contributed by atoms with Gasteiger partial charge in [-0.1, -0.05) is 182 Å². The Labute approximate surface area is 282 Å². The molecule has 0 aliphatic carbocycles. The lowest BCUT2D eigenvalue weighted by molar-refractivity contribution is 0.295. The van der Waals surface area contributed by atoms with Crippen LogP contribution in [0.15, 0.2) is 182 Å². The van der Waals surface area contributed by atoms with Crippen molar-refractivity contribution in [1.82, 2.24) is 0 Å². The van der Waals surface area contributed by atoms with E-state index in [0.717, 1.165) is 33.4 Å². The molecular formula is C42H44BN4. The van der Waals surface area contributed by atoms with Gasteiger partial charge in [0.05, 0.1) is 22.2 Å². The molecule has 2 atom stereocenters. The Balaban J connectivity index is 0.000000208. The second kappa shape index (κ2) is 14.8. The fourth-order valence-corrected chi connectivity index (χ4v) is 6.36. The second-order valence-electron chi connectivity index (χ2n) is 12.2. The standard InChI is InChI=1S/2C21H22N2.B/c2*1-20(22,17-11-5-2-6-12-17)21(23,18-13-7-3-8-14-18)19-15-9-4-10-16-19;/h2*2-16H,22-23H2,1H3;. The van der Waals surface area contributed by atoms with Crippen LogP contribution in [0.4, 0.5) is 0 Å². The molecule has 0 saturated carbocycles. The molecule has 6 aromatic carbocycles. The summed E-state index contributed by atoms with van der Waals surface area (Å²) < 4.78 is 0. The molecule has 235 valence electrons. The number of benzene rings is 6. The molecule has 0 saturated heterocycles. The van der Waals surface area contributed by atoms with Crippen molar-refractivity contribution in [3.8, 4) is 0 Å². The summed E-state index contributed by atoms with van der Waals surface area (Å²) in [6.07, 6.45) is 0. The summed E-state index contributed by atoms with van der Waals surface area (Å²) in [4.78, 5) is 0. The van der Waals surface area contributed by atoms with E-state index in [1.807, 2.05) is 196 Å². The summed E-state index contributed by atoms with van der Waals surface area (Å²) in [7, 11) is 0. The van der Waals surface area contributed by atoms with Crippen LogP contribution in [0, 0.1) is 0 Å². The Kier molecular flexibility index (Phi) is 11.0. The van der Waals surface area contributed by atoms with Crippen LogP contribution in [-0.4, -0.2) is 8.41 Å². The van der Waals surface area contributed by atoms with Crippen molar-refractivity contribution in [2.24, 2.45) is 22.9 Å². The van der Waals surface area contributed by atoms with E-state index in [4.69, 9.17) is 22.9 Å². The minimum Gasteiger partial charge on any atom is -0.320 e. The first-order valence-electron chi connectivity index (χ1n) is 15.6. The van der Waals surface area contributed by atoms with E-state index in [1.165, 1.54) is 0 Å². The van der Waals surface area contributed by atoms with Crippen molar-refractivity contribution in [1.29, 1.82) is 0 Å². The van der Waals surface area contributed by atoms with Crippen LogP contribution in [0.1, 0.15) is 47.2 Å². The topological polar surface area (TPSA) is 104 Å². The summed E-state index contributed by atoms with van der Waals surface area (Å²) in [5.74, 6) is 0. The minimum atomic E-state index is -0.836. The molecule has 0 aromatic heterocycles. The summed E-state index contributed by atoms with van der Waals surface area (Å²) in [6.45, 7) is 4.00. The average molecular weight is 616 g/mol. The van der Waals surface area contributed by atoms with Crippen LogP contribution in [0.5, 0.6) is 0 Å². The van der Waals surface area contributed by atoms with Crippen molar-refractivity contribution in [3.05, 3.63) is 215 Å². The quantitative estimate of drug-likeness (QED) is 0.137. The first-order chi connectivity index (χ1) is 22.1. The Morgan fingerprint density at radius 1 is 0.277 bits per heavy atom. The average Bonchev–Trinajstić information content (AvgIpc) is 3.13. The Morgan fingerprint density at radius 3 is 0.596 bits per heavy atom. The van der Waals surface area contributed by atoms with Gasteiger partial charge in [0.2, 0.25) is 0 Å². The molecule has 0 aliphatic heterocycles. The van der Waals surface area contributed by atoms with Gasteiger partial charge in [0.15, 0.2) is 0 Å². The summed E-state index contributed by atoms with van der Waals surface area (Å²) in [6, 6.07) is 60.4. The predicted molar refractivity (Wildman–Crippen MR) is 197 cm³/mol. The third-order valence-electron chi connectivity index (χ3n) is 9.30. The Morgan fingerprint density at radius 2 is 0.426 bits per heavy atom. The minimum absolute atomic E-state index is 0. The van der Waals surface area contributed by atoms with Gasteiger partial charge in [0, 0.05) is 8.41 Å². The zero-order chi connectivity index (χ0) is 32.7. The van der Waals surface area contributed by atoms with Crippen LogP contribution in [-0.2, 0) is 22.2 Å². The highest BCUT2D eigenvalue weighted by Gasteiger charge is 2.47. The SMILES string of the molecule is CC(N)(c1ccccc1)C(N)(c1ccccc1)c1ccccc1.CC(N)(c1ccccc1)C(N)(c1ccccc1)c1ccccc1.[B]. The van der Waals surface area contributed by atoms with Gasteiger partial charge in [-0.15, -0.1) is 0 Å². The van der Waals surface area contributed by atoms with E-state index in [-0.39, 0.29) is 8.41 Å². The lowest BCUT2D eigenvalue weighted by Gasteiger charge is -2.45. The Bertz CT molecular complexity index is 1560. The van der Waals surface area contributed by atoms with Crippen molar-refractivity contribution in [2.75, 3.05) is 0 Å². The van der Waals surface area contributed by atoms with Crippen molar-refractivity contribution < 1.29 is 0 Å². The van der Waals surface area contributed by atoms with E-state index in [2.05, 4.69) is 0 Å². The smallest absolute Gasteiger partial charge is 0.0887 e. The van der Waals surface area contributed by atoms with E-state index in [9.17, 15) is 0 Å². The van der Waals surface area contributed by atoms with Gasteiger partial charge < -0.3 is 22.9 Å². The van der Waals surface area contributed by atoms with E-state index < -0.39 is 22.2 Å². The molecule has 6 aromatic rings. The van der Waals surface area contributed by atoms with Gasteiger partial charge in [-0.25, -0.2) is 0 Å². The van der Waals surface area contributed by atoms with Crippen LogP contribution in [0.2, 0.25) is 0 Å². The van der Waals surface area contributed by atoms with Crippen LogP contribution >= 0.6 is 0 Å². The normalized spacial score (nSPS) is 13.9. The monoisotopic (exact) mass is 615 g/mol. The molecular weight excluding hydrogens is 571 g/mol. The maximum atomic E-state index is 7.03. The van der Waals surface area contributed by atoms with Gasteiger partial charge >= 0.3 is 0 Å². The molecule has 0 fully saturated rings. The molecule has 5 heteroatoms. The molecule has 0 aliphatic rings. The third kappa shape index (κ3) is 6.71. The summed E-state index contributed by atoms with van der Waals surface area (Å²) in [5.41, 5.74) is 30.6. The highest BCUT2D eigenvalue weighted by molar-refractivity contribution is 5.75. The highest BCUT2D eigenvalue weighted by Crippen LogP contribution is 2.43. The first-order valence-corrected chi connectivity index (χ1v) is 15.6. The Hall–Kier alpha value is -4.78. The van der Waals surface area contributed by atoms with E-state index in [0.29, 0.717) is 0 Å². The van der Waals surface area contributed by atoms with Crippen LogP contribution < -0.4 is 22.9 Å². The fourth-order valence-electron chi connectivity index (χ4n) is 6.36.